The number of anilines is 2. The normalized spacial score (nSPS) is 22.8. The summed E-state index contributed by atoms with van der Waals surface area (Å²) >= 11 is 5.92. The van der Waals surface area contributed by atoms with Crippen LogP contribution in [0.25, 0.3) is 0 Å². The number of hydrogen-bond donors (Lipinski definition) is 2. The highest BCUT2D eigenvalue weighted by Crippen LogP contribution is 2.48. The number of nitrogens with one attached hydrogen (secondary N) is 1. The van der Waals surface area contributed by atoms with Gasteiger partial charge in [0, 0.05) is 43.1 Å². The van der Waals surface area contributed by atoms with Gasteiger partial charge in [-0.3, -0.25) is 4.21 Å². The molecule has 2 N–H and O–H groups in total. The van der Waals surface area contributed by atoms with Crippen molar-refractivity contribution in [1.29, 1.82) is 0 Å². The summed E-state index contributed by atoms with van der Waals surface area (Å²) in [6.45, 7) is 1.91. The number of aromatic nitrogens is 4. The second-order valence-electron chi connectivity index (χ2n) is 9.64. The first-order chi connectivity index (χ1) is 15.4. The number of rotatable bonds is 6. The van der Waals surface area contributed by atoms with Crippen LogP contribution in [0.5, 0.6) is 0 Å². The Balaban J connectivity index is 1.25. The minimum atomic E-state index is -1.20. The lowest BCUT2D eigenvalue weighted by Crippen LogP contribution is -2.58. The van der Waals surface area contributed by atoms with Gasteiger partial charge in [0.15, 0.2) is 0 Å². The molecular weight excluding hydrogens is 448 g/mol. The molecule has 0 aromatic carbocycles. The Morgan fingerprint density at radius 3 is 2.41 bits per heavy atom. The van der Waals surface area contributed by atoms with Gasteiger partial charge in [-0.05, 0) is 44.9 Å². The molecule has 0 bridgehead atoms. The molecule has 3 fully saturated rings. The Morgan fingerprint density at radius 2 is 1.84 bits per heavy atom. The molecule has 10 heteroatoms. The minimum absolute atomic E-state index is 0.0491. The average Bonchev–Trinajstić information content (AvgIpc) is 2.75. The fourth-order valence-corrected chi connectivity index (χ4v) is 5.90. The van der Waals surface area contributed by atoms with E-state index in [-0.39, 0.29) is 12.1 Å². The summed E-state index contributed by atoms with van der Waals surface area (Å²) in [6.07, 6.45) is 14.0. The van der Waals surface area contributed by atoms with E-state index in [1.54, 1.807) is 24.8 Å². The van der Waals surface area contributed by atoms with Gasteiger partial charge in [0.2, 0.25) is 5.95 Å². The molecule has 0 unspecified atom stereocenters. The molecule has 2 aliphatic carbocycles. The Morgan fingerprint density at radius 1 is 1.16 bits per heavy atom. The van der Waals surface area contributed by atoms with Crippen LogP contribution in [0.2, 0.25) is 5.02 Å². The average molecular weight is 477 g/mol. The van der Waals surface area contributed by atoms with Gasteiger partial charge in [-0.2, -0.15) is 4.98 Å². The lowest BCUT2D eigenvalue weighted by Gasteiger charge is -2.53. The van der Waals surface area contributed by atoms with Crippen molar-refractivity contribution in [1.82, 2.24) is 19.9 Å². The largest absolute Gasteiger partial charge is 0.394 e. The van der Waals surface area contributed by atoms with Crippen LogP contribution in [0.3, 0.4) is 0 Å². The van der Waals surface area contributed by atoms with Crippen LogP contribution in [0.1, 0.15) is 56.7 Å². The van der Waals surface area contributed by atoms with E-state index in [1.165, 1.54) is 0 Å². The molecule has 1 atom stereocenters. The van der Waals surface area contributed by atoms with Crippen LogP contribution >= 0.6 is 11.6 Å². The second kappa shape index (κ2) is 8.50. The summed E-state index contributed by atoms with van der Waals surface area (Å²) in [7, 11) is -1.20. The Labute approximate surface area is 195 Å². The smallest absolute Gasteiger partial charge is 0.227 e. The number of aliphatic hydroxyl groups excluding tert-OH is 1. The molecule has 32 heavy (non-hydrogen) atoms. The fraction of sp³-hybridized carbons (Fsp3) is 0.636. The molecule has 1 aliphatic heterocycles. The molecule has 0 radical (unpaired) electrons. The zero-order chi connectivity index (χ0) is 22.3. The van der Waals surface area contributed by atoms with E-state index >= 15 is 0 Å². The summed E-state index contributed by atoms with van der Waals surface area (Å²) < 4.78 is 12.2. The monoisotopic (exact) mass is 476 g/mol. The van der Waals surface area contributed by atoms with Crippen molar-refractivity contribution in [3.05, 3.63) is 29.4 Å². The highest BCUT2D eigenvalue weighted by molar-refractivity contribution is 7.84. The van der Waals surface area contributed by atoms with E-state index in [9.17, 15) is 9.32 Å². The molecular formula is C22H29ClN6O2S. The quantitative estimate of drug-likeness (QED) is 0.655. The van der Waals surface area contributed by atoms with Crippen molar-refractivity contribution in [2.45, 2.75) is 61.3 Å². The molecule has 1 spiro atoms. The number of hydrogen-bond acceptors (Lipinski definition) is 8. The predicted molar refractivity (Wildman–Crippen MR) is 125 cm³/mol. The third-order valence-corrected chi connectivity index (χ3v) is 8.55. The lowest BCUT2D eigenvalue weighted by atomic mass is 9.66. The third kappa shape index (κ3) is 4.10. The van der Waals surface area contributed by atoms with Crippen LogP contribution < -0.4 is 10.2 Å². The molecule has 0 amide bonds. The first-order valence-electron chi connectivity index (χ1n) is 11.2. The van der Waals surface area contributed by atoms with E-state index in [2.05, 4.69) is 25.2 Å². The van der Waals surface area contributed by atoms with E-state index in [4.69, 9.17) is 16.6 Å². The van der Waals surface area contributed by atoms with E-state index in [1.807, 2.05) is 0 Å². The van der Waals surface area contributed by atoms with Crippen molar-refractivity contribution in [2.24, 2.45) is 5.41 Å². The van der Waals surface area contributed by atoms with Crippen LogP contribution in [0, 0.1) is 5.41 Å². The van der Waals surface area contributed by atoms with Gasteiger partial charge in [0.1, 0.15) is 11.6 Å². The Kier molecular flexibility index (Phi) is 5.84. The summed E-state index contributed by atoms with van der Waals surface area (Å²) in [5.74, 6) is 2.56. The van der Waals surface area contributed by atoms with Crippen molar-refractivity contribution < 1.29 is 9.32 Å². The van der Waals surface area contributed by atoms with Crippen LogP contribution in [-0.2, 0) is 10.8 Å². The van der Waals surface area contributed by atoms with E-state index in [0.717, 1.165) is 63.9 Å². The van der Waals surface area contributed by atoms with E-state index in [0.29, 0.717) is 33.0 Å². The first kappa shape index (κ1) is 22.0. The fourth-order valence-electron chi connectivity index (χ4n) is 5.23. The summed E-state index contributed by atoms with van der Waals surface area (Å²) in [6, 6.07) is 0. The van der Waals surface area contributed by atoms with Crippen LogP contribution in [0.15, 0.2) is 23.5 Å². The highest BCUT2D eigenvalue weighted by Gasteiger charge is 2.47. The van der Waals surface area contributed by atoms with Gasteiger partial charge in [0.25, 0.3) is 0 Å². The first-order valence-corrected chi connectivity index (χ1v) is 13.2. The third-order valence-electron chi connectivity index (χ3n) is 7.44. The highest BCUT2D eigenvalue weighted by atomic mass is 35.5. The molecule has 2 saturated carbocycles. The SMILES string of the molecule is C[S@](=O)c1cnc(N2CC3(CCC(c4ncc(Cl)cn4)CC3)C2)nc1NC1(CO)CCC1. The van der Waals surface area contributed by atoms with Crippen molar-refractivity contribution in [2.75, 3.05) is 36.2 Å². The van der Waals surface area contributed by atoms with Crippen molar-refractivity contribution in [3.8, 4) is 0 Å². The predicted octanol–water partition coefficient (Wildman–Crippen LogP) is 3.15. The van der Waals surface area contributed by atoms with Gasteiger partial charge in [-0.1, -0.05) is 11.6 Å². The minimum Gasteiger partial charge on any atom is -0.394 e. The maximum Gasteiger partial charge on any atom is 0.227 e. The van der Waals surface area contributed by atoms with Crippen LogP contribution in [-0.4, -0.2) is 60.7 Å². The van der Waals surface area contributed by atoms with Gasteiger partial charge in [-0.25, -0.2) is 15.0 Å². The lowest BCUT2D eigenvalue weighted by molar-refractivity contribution is 0.124. The van der Waals surface area contributed by atoms with E-state index < -0.39 is 10.8 Å². The van der Waals surface area contributed by atoms with Gasteiger partial charge in [-0.15, -0.1) is 0 Å². The zero-order valence-electron chi connectivity index (χ0n) is 18.3. The molecule has 1 saturated heterocycles. The molecule has 5 rings (SSSR count). The standard InChI is InChI=1S/C22H29ClN6O2S/c1-32(31)17-11-26-20(27-19(17)28-22(14-30)5-2-6-22)29-12-21(13-29)7-3-15(4-8-21)18-24-9-16(23)10-25-18/h9-11,15,30H,2-8,12-14H2,1H3,(H,26,27,28)/t32-/m0/s1. The molecule has 3 aliphatic rings. The number of nitrogens with zero attached hydrogens (tertiary/aromatic N) is 5. The van der Waals surface area contributed by atoms with Gasteiger partial charge < -0.3 is 15.3 Å². The zero-order valence-corrected chi connectivity index (χ0v) is 19.8. The molecule has 8 nitrogen and oxygen atoms in total. The second-order valence-corrected chi connectivity index (χ2v) is 11.4. The maximum absolute atomic E-state index is 12.2. The molecule has 2 aromatic heterocycles. The van der Waals surface area contributed by atoms with Crippen molar-refractivity contribution >= 4 is 34.2 Å². The van der Waals surface area contributed by atoms with Crippen molar-refractivity contribution in [3.63, 3.8) is 0 Å². The Hall–Kier alpha value is -1.84. The number of aliphatic hydroxyl groups is 1. The van der Waals surface area contributed by atoms with Crippen LogP contribution in [0.4, 0.5) is 11.8 Å². The summed E-state index contributed by atoms with van der Waals surface area (Å²) in [5.41, 5.74) is -0.0511. The molecule has 3 heterocycles. The maximum atomic E-state index is 12.2. The Bertz CT molecular complexity index is 994. The summed E-state index contributed by atoms with van der Waals surface area (Å²) in [4.78, 5) is 20.9. The molecule has 2 aromatic rings. The number of halogens is 1. The molecule has 172 valence electrons. The topological polar surface area (TPSA) is 104 Å². The summed E-state index contributed by atoms with van der Waals surface area (Å²) in [5, 5.41) is 13.8. The van der Waals surface area contributed by atoms with Gasteiger partial charge >= 0.3 is 0 Å². The van der Waals surface area contributed by atoms with Gasteiger partial charge in [0.05, 0.1) is 39.1 Å².